The van der Waals surface area contributed by atoms with E-state index in [0.29, 0.717) is 6.42 Å². The van der Waals surface area contributed by atoms with Crippen molar-refractivity contribution >= 4 is 8.32 Å². The lowest BCUT2D eigenvalue weighted by Crippen LogP contribution is -2.45. The van der Waals surface area contributed by atoms with Crippen LogP contribution in [0.4, 0.5) is 0 Å². The lowest BCUT2D eigenvalue weighted by atomic mass is 10.0. The van der Waals surface area contributed by atoms with Crippen molar-refractivity contribution in [3.8, 4) is 0 Å². The largest absolute Gasteiger partial charge is 0.414 e. The van der Waals surface area contributed by atoms with Gasteiger partial charge in [0.15, 0.2) is 14.1 Å². The fourth-order valence-corrected chi connectivity index (χ4v) is 5.77. The fraction of sp³-hybridized carbons (Fsp3) is 0.931. The standard InChI is InChI=1S/C29H58O6Si/c1-10-11-12-13-14-15-16-17-25(35-36(8,9)28(2,3)4)22-27-26(33-29(5,6)34-27)19-18-24(20-21-30)32-23-31-7/h18-19,24-27,30H,10-17,20-23H2,1-9H3/b19-18+/t24-,25-,26+,27+/m1/s1. The molecule has 0 bridgehead atoms. The van der Waals surface area contributed by atoms with Gasteiger partial charge >= 0.3 is 0 Å². The molecule has 1 heterocycles. The summed E-state index contributed by atoms with van der Waals surface area (Å²) in [6.07, 6.45) is 15.1. The van der Waals surface area contributed by atoms with Crippen LogP contribution in [-0.2, 0) is 23.4 Å². The number of aliphatic hydroxyl groups is 1. The summed E-state index contributed by atoms with van der Waals surface area (Å²) in [6, 6.07) is 0. The zero-order chi connectivity index (χ0) is 27.2. The van der Waals surface area contributed by atoms with E-state index in [2.05, 4.69) is 40.8 Å². The molecule has 36 heavy (non-hydrogen) atoms. The molecule has 6 nitrogen and oxygen atoms in total. The molecule has 0 aliphatic carbocycles. The van der Waals surface area contributed by atoms with Crippen LogP contribution in [-0.4, -0.2) is 64.1 Å². The Hall–Kier alpha value is -0.283. The molecule has 0 aromatic carbocycles. The SMILES string of the molecule is CCCCCCCCC[C@H](C[C@@H]1OC(C)(C)O[C@H]1/C=C/[C@H](CCO)OCOC)O[Si](C)(C)C(C)(C)C. The van der Waals surface area contributed by atoms with Crippen LogP contribution in [0.3, 0.4) is 0 Å². The van der Waals surface area contributed by atoms with Crippen molar-refractivity contribution in [2.75, 3.05) is 20.5 Å². The highest BCUT2D eigenvalue weighted by molar-refractivity contribution is 6.74. The molecular formula is C29H58O6Si. The summed E-state index contributed by atoms with van der Waals surface area (Å²) in [7, 11) is -0.325. The van der Waals surface area contributed by atoms with Crippen LogP contribution in [0.15, 0.2) is 12.2 Å². The summed E-state index contributed by atoms with van der Waals surface area (Å²) in [5, 5.41) is 9.56. The van der Waals surface area contributed by atoms with E-state index < -0.39 is 14.1 Å². The fourth-order valence-electron chi connectivity index (χ4n) is 4.37. The van der Waals surface area contributed by atoms with E-state index in [1.165, 1.54) is 44.9 Å². The molecule has 0 aromatic rings. The molecular weight excluding hydrogens is 472 g/mol. The zero-order valence-corrected chi connectivity index (χ0v) is 25.9. The molecule has 4 atom stereocenters. The first kappa shape index (κ1) is 33.7. The van der Waals surface area contributed by atoms with Gasteiger partial charge in [0.1, 0.15) is 12.9 Å². The number of aliphatic hydroxyl groups excluding tert-OH is 1. The predicted molar refractivity (Wildman–Crippen MR) is 151 cm³/mol. The number of methoxy groups -OCH3 is 1. The van der Waals surface area contributed by atoms with Gasteiger partial charge in [0.2, 0.25) is 0 Å². The van der Waals surface area contributed by atoms with E-state index in [1.54, 1.807) is 7.11 Å². The molecule has 1 N–H and O–H groups in total. The highest BCUT2D eigenvalue weighted by atomic mass is 28.4. The molecule has 0 amide bonds. The molecule has 0 aromatic heterocycles. The minimum absolute atomic E-state index is 0.0521. The third-order valence-electron chi connectivity index (χ3n) is 7.44. The van der Waals surface area contributed by atoms with E-state index >= 15 is 0 Å². The average molecular weight is 531 g/mol. The second kappa shape index (κ2) is 16.6. The normalized spacial score (nSPS) is 22.4. The lowest BCUT2D eigenvalue weighted by molar-refractivity contribution is -0.145. The third-order valence-corrected chi connectivity index (χ3v) is 12.0. The van der Waals surface area contributed by atoms with Gasteiger partial charge in [-0.15, -0.1) is 0 Å². The number of hydrogen-bond donors (Lipinski definition) is 1. The third kappa shape index (κ3) is 13.0. The van der Waals surface area contributed by atoms with E-state index in [9.17, 15) is 5.11 Å². The van der Waals surface area contributed by atoms with Gasteiger partial charge in [-0.25, -0.2) is 0 Å². The van der Waals surface area contributed by atoms with Crippen molar-refractivity contribution in [3.05, 3.63) is 12.2 Å². The van der Waals surface area contributed by atoms with Gasteiger partial charge in [0, 0.05) is 32.7 Å². The van der Waals surface area contributed by atoms with Crippen LogP contribution in [0.1, 0.15) is 106 Å². The minimum Gasteiger partial charge on any atom is -0.414 e. The molecule has 1 saturated heterocycles. The van der Waals surface area contributed by atoms with E-state index in [4.69, 9.17) is 23.4 Å². The topological polar surface area (TPSA) is 66.4 Å². The summed E-state index contributed by atoms with van der Waals surface area (Å²) >= 11 is 0. The van der Waals surface area contributed by atoms with Gasteiger partial charge in [0.05, 0.1) is 12.2 Å². The summed E-state index contributed by atoms with van der Waals surface area (Å²) in [5.74, 6) is -0.652. The maximum absolute atomic E-state index is 9.40. The van der Waals surface area contributed by atoms with Gasteiger partial charge in [-0.2, -0.15) is 0 Å². The van der Waals surface area contributed by atoms with Crippen molar-refractivity contribution in [1.29, 1.82) is 0 Å². The van der Waals surface area contributed by atoms with Crippen molar-refractivity contribution in [1.82, 2.24) is 0 Å². The average Bonchev–Trinajstić information content (AvgIpc) is 3.06. The zero-order valence-electron chi connectivity index (χ0n) is 24.9. The summed E-state index contributed by atoms with van der Waals surface area (Å²) < 4.78 is 30.3. The van der Waals surface area contributed by atoms with Crippen LogP contribution < -0.4 is 0 Å². The minimum atomic E-state index is -1.92. The van der Waals surface area contributed by atoms with Crippen LogP contribution >= 0.6 is 0 Å². The van der Waals surface area contributed by atoms with Crippen LogP contribution in [0.25, 0.3) is 0 Å². The number of hydrogen-bond acceptors (Lipinski definition) is 6. The molecule has 1 aliphatic rings. The van der Waals surface area contributed by atoms with Crippen LogP contribution in [0, 0.1) is 0 Å². The number of rotatable bonds is 19. The van der Waals surface area contributed by atoms with Gasteiger partial charge in [-0.1, -0.05) is 84.8 Å². The summed E-state index contributed by atoms with van der Waals surface area (Å²) in [4.78, 5) is 0. The molecule has 7 heteroatoms. The molecule has 1 aliphatic heterocycles. The molecule has 1 fully saturated rings. The van der Waals surface area contributed by atoms with Crippen LogP contribution in [0.2, 0.25) is 18.1 Å². The molecule has 0 saturated carbocycles. The van der Waals surface area contributed by atoms with Crippen LogP contribution in [0.5, 0.6) is 0 Å². The smallest absolute Gasteiger partial charge is 0.192 e. The Bertz CT molecular complexity index is 601. The molecule has 1 rings (SSSR count). The van der Waals surface area contributed by atoms with Gasteiger partial charge in [0.25, 0.3) is 0 Å². The summed E-state index contributed by atoms with van der Waals surface area (Å²) in [5.41, 5.74) is 0. The Morgan fingerprint density at radius 3 is 2.22 bits per heavy atom. The quantitative estimate of drug-likeness (QED) is 0.0815. The Labute approximate surface area is 223 Å². The van der Waals surface area contributed by atoms with Gasteiger partial charge in [-0.3, -0.25) is 0 Å². The second-order valence-corrected chi connectivity index (χ2v) is 17.0. The monoisotopic (exact) mass is 530 g/mol. The first-order valence-corrected chi connectivity index (χ1v) is 17.2. The predicted octanol–water partition coefficient (Wildman–Crippen LogP) is 7.36. The maximum atomic E-state index is 9.40. The Kier molecular flexibility index (Phi) is 15.6. The van der Waals surface area contributed by atoms with Gasteiger partial charge in [-0.05, 0) is 38.4 Å². The van der Waals surface area contributed by atoms with E-state index in [0.717, 1.165) is 12.8 Å². The Balaban J connectivity index is 2.90. The highest BCUT2D eigenvalue weighted by Crippen LogP contribution is 2.40. The molecule has 0 unspecified atom stereocenters. The second-order valence-electron chi connectivity index (χ2n) is 12.3. The Morgan fingerprint density at radius 1 is 1.00 bits per heavy atom. The van der Waals surface area contributed by atoms with Crippen molar-refractivity contribution in [3.63, 3.8) is 0 Å². The maximum Gasteiger partial charge on any atom is 0.192 e. The molecule has 0 spiro atoms. The lowest BCUT2D eigenvalue weighted by Gasteiger charge is -2.40. The van der Waals surface area contributed by atoms with E-state index in [1.807, 2.05) is 26.0 Å². The van der Waals surface area contributed by atoms with Crippen molar-refractivity contribution in [2.24, 2.45) is 0 Å². The van der Waals surface area contributed by atoms with Crippen molar-refractivity contribution in [2.45, 2.75) is 154 Å². The number of ether oxygens (including phenoxy) is 4. The summed E-state index contributed by atoms with van der Waals surface area (Å²) in [6.45, 7) is 18.0. The first-order valence-electron chi connectivity index (χ1n) is 14.3. The Morgan fingerprint density at radius 2 is 1.64 bits per heavy atom. The van der Waals surface area contributed by atoms with Crippen molar-refractivity contribution < 1.29 is 28.5 Å². The highest BCUT2D eigenvalue weighted by Gasteiger charge is 2.43. The van der Waals surface area contributed by atoms with Gasteiger partial charge < -0.3 is 28.5 Å². The first-order chi connectivity index (χ1) is 16.8. The molecule has 0 radical (unpaired) electrons. The van der Waals surface area contributed by atoms with E-state index in [-0.39, 0.29) is 42.9 Å². The number of unbranched alkanes of at least 4 members (excludes halogenated alkanes) is 6. The molecule has 214 valence electrons.